The maximum Gasteiger partial charge on any atom is 0.273 e. The topological polar surface area (TPSA) is 45.2 Å². The van der Waals surface area contributed by atoms with Crippen molar-refractivity contribution in [3.05, 3.63) is 51.7 Å². The number of aromatic nitrogens is 1. The summed E-state index contributed by atoms with van der Waals surface area (Å²) in [4.78, 5) is 18.5. The molecule has 6 heteroatoms. The van der Waals surface area contributed by atoms with Crippen LogP contribution < -0.4 is 5.32 Å². The minimum Gasteiger partial charge on any atom is -0.335 e. The second-order valence-corrected chi connectivity index (χ2v) is 5.91. The van der Waals surface area contributed by atoms with Gasteiger partial charge in [-0.05, 0) is 17.7 Å². The lowest BCUT2D eigenvalue weighted by atomic mass is 10.1. The van der Waals surface area contributed by atoms with Crippen LogP contribution in [0.3, 0.4) is 0 Å². The van der Waals surface area contributed by atoms with Crippen LogP contribution in [0, 0.1) is 5.82 Å². The molecule has 4 nitrogen and oxygen atoms in total. The van der Waals surface area contributed by atoms with Crippen LogP contribution in [0.5, 0.6) is 0 Å². The third-order valence-corrected chi connectivity index (χ3v) is 4.29. The monoisotopic (exact) mass is 305 g/mol. The van der Waals surface area contributed by atoms with E-state index in [-0.39, 0.29) is 11.7 Å². The smallest absolute Gasteiger partial charge is 0.273 e. The van der Waals surface area contributed by atoms with Crippen molar-refractivity contribution in [3.8, 4) is 0 Å². The van der Waals surface area contributed by atoms with E-state index in [4.69, 9.17) is 0 Å². The lowest BCUT2D eigenvalue weighted by Gasteiger charge is -2.26. The molecule has 110 valence electrons. The Morgan fingerprint density at radius 1 is 1.29 bits per heavy atom. The summed E-state index contributed by atoms with van der Waals surface area (Å²) in [5.74, 6) is -0.245. The van der Waals surface area contributed by atoms with E-state index >= 15 is 0 Å². The van der Waals surface area contributed by atoms with E-state index in [0.717, 1.165) is 36.8 Å². The Kier molecular flexibility index (Phi) is 4.26. The normalized spacial score (nSPS) is 15.2. The number of carbonyl (C=O) groups excluding carboxylic acids is 1. The molecular formula is C15H16FN3OS. The van der Waals surface area contributed by atoms with Crippen molar-refractivity contribution in [2.45, 2.75) is 6.42 Å². The van der Waals surface area contributed by atoms with Crippen LogP contribution in [0.25, 0.3) is 0 Å². The fraction of sp³-hybridized carbons (Fsp3) is 0.333. The van der Waals surface area contributed by atoms with Gasteiger partial charge in [0.15, 0.2) is 0 Å². The summed E-state index contributed by atoms with van der Waals surface area (Å²) >= 11 is 1.47. The summed E-state index contributed by atoms with van der Waals surface area (Å²) < 4.78 is 12.9. The first-order valence-corrected chi connectivity index (χ1v) is 7.79. The Balaban J connectivity index is 1.68. The van der Waals surface area contributed by atoms with Crippen molar-refractivity contribution in [1.29, 1.82) is 0 Å². The van der Waals surface area contributed by atoms with Gasteiger partial charge in [0.05, 0.1) is 5.01 Å². The molecule has 3 rings (SSSR count). The molecule has 1 N–H and O–H groups in total. The average molecular weight is 305 g/mol. The van der Waals surface area contributed by atoms with Crippen molar-refractivity contribution in [1.82, 2.24) is 15.2 Å². The number of carbonyl (C=O) groups is 1. The molecule has 1 aromatic heterocycles. The van der Waals surface area contributed by atoms with Crippen LogP contribution in [0.4, 0.5) is 4.39 Å². The molecule has 1 aromatic carbocycles. The van der Waals surface area contributed by atoms with Crippen LogP contribution in [0.1, 0.15) is 21.1 Å². The Bertz CT molecular complexity index is 620. The molecule has 0 atom stereocenters. The van der Waals surface area contributed by atoms with Gasteiger partial charge >= 0.3 is 0 Å². The van der Waals surface area contributed by atoms with Gasteiger partial charge in [0.1, 0.15) is 11.5 Å². The number of nitrogens with zero attached hydrogens (tertiary/aromatic N) is 2. The van der Waals surface area contributed by atoms with Gasteiger partial charge in [-0.1, -0.05) is 12.1 Å². The number of thiazole rings is 1. The number of piperazine rings is 1. The molecule has 1 fully saturated rings. The molecular weight excluding hydrogens is 289 g/mol. The van der Waals surface area contributed by atoms with E-state index in [1.165, 1.54) is 23.5 Å². The van der Waals surface area contributed by atoms with Crippen molar-refractivity contribution < 1.29 is 9.18 Å². The molecule has 0 unspecified atom stereocenters. The third-order valence-electron chi connectivity index (χ3n) is 3.44. The zero-order valence-electron chi connectivity index (χ0n) is 11.5. The van der Waals surface area contributed by atoms with E-state index in [1.807, 2.05) is 10.3 Å². The van der Waals surface area contributed by atoms with E-state index < -0.39 is 0 Å². The molecule has 21 heavy (non-hydrogen) atoms. The molecule has 0 spiro atoms. The Morgan fingerprint density at radius 2 is 2.00 bits per heavy atom. The fourth-order valence-electron chi connectivity index (χ4n) is 2.30. The number of nitrogens with one attached hydrogen (secondary N) is 1. The van der Waals surface area contributed by atoms with Gasteiger partial charge in [0.2, 0.25) is 0 Å². The standard InChI is InChI=1S/C15H16FN3OS/c16-12-3-1-11(2-4-12)9-14-18-13(10-21-14)15(20)19-7-5-17-6-8-19/h1-4,10,17H,5-9H2. The first-order chi connectivity index (χ1) is 10.2. The highest BCUT2D eigenvalue weighted by Gasteiger charge is 2.20. The summed E-state index contributed by atoms with van der Waals surface area (Å²) in [5.41, 5.74) is 1.51. The predicted molar refractivity (Wildman–Crippen MR) is 80.1 cm³/mol. The van der Waals surface area contributed by atoms with E-state index in [2.05, 4.69) is 10.3 Å². The van der Waals surface area contributed by atoms with Crippen molar-refractivity contribution in [2.24, 2.45) is 0 Å². The van der Waals surface area contributed by atoms with Gasteiger partial charge < -0.3 is 10.2 Å². The molecule has 0 aliphatic carbocycles. The predicted octanol–water partition coefficient (Wildman–Crippen LogP) is 1.92. The van der Waals surface area contributed by atoms with Gasteiger partial charge in [-0.2, -0.15) is 0 Å². The van der Waals surface area contributed by atoms with Crippen LogP contribution in [0.15, 0.2) is 29.6 Å². The van der Waals surface area contributed by atoms with Crippen LogP contribution in [0.2, 0.25) is 0 Å². The molecule has 1 saturated heterocycles. The lowest BCUT2D eigenvalue weighted by Crippen LogP contribution is -2.46. The highest BCUT2D eigenvalue weighted by atomic mass is 32.1. The summed E-state index contributed by atoms with van der Waals surface area (Å²) in [6, 6.07) is 6.37. The van der Waals surface area contributed by atoms with Gasteiger partial charge in [-0.25, -0.2) is 9.37 Å². The molecule has 1 amide bonds. The number of hydrogen-bond donors (Lipinski definition) is 1. The maximum absolute atomic E-state index is 12.9. The zero-order chi connectivity index (χ0) is 14.7. The SMILES string of the molecule is O=C(c1csc(Cc2ccc(F)cc2)n1)N1CCNCC1. The zero-order valence-corrected chi connectivity index (χ0v) is 12.3. The van der Waals surface area contributed by atoms with Gasteiger partial charge in [-0.3, -0.25) is 4.79 Å². The van der Waals surface area contributed by atoms with Crippen molar-refractivity contribution >= 4 is 17.2 Å². The third kappa shape index (κ3) is 3.46. The summed E-state index contributed by atoms with van der Waals surface area (Å²) in [6.45, 7) is 3.12. The minimum absolute atomic E-state index is 0.00175. The number of benzene rings is 1. The maximum atomic E-state index is 12.9. The lowest BCUT2D eigenvalue weighted by molar-refractivity contribution is 0.0730. The van der Waals surface area contributed by atoms with Crippen LogP contribution in [-0.2, 0) is 6.42 Å². The molecule has 2 heterocycles. The van der Waals surface area contributed by atoms with Crippen LogP contribution in [-0.4, -0.2) is 42.0 Å². The molecule has 0 bridgehead atoms. The number of rotatable bonds is 3. The second kappa shape index (κ2) is 6.32. The Hall–Kier alpha value is -1.79. The van der Waals surface area contributed by atoms with Gasteiger partial charge in [-0.15, -0.1) is 11.3 Å². The molecule has 1 aliphatic rings. The number of halogens is 1. The van der Waals surface area contributed by atoms with E-state index in [9.17, 15) is 9.18 Å². The van der Waals surface area contributed by atoms with Crippen LogP contribution >= 0.6 is 11.3 Å². The van der Waals surface area contributed by atoms with Crippen molar-refractivity contribution in [2.75, 3.05) is 26.2 Å². The molecule has 2 aromatic rings. The second-order valence-electron chi connectivity index (χ2n) is 4.97. The minimum atomic E-state index is -0.243. The highest BCUT2D eigenvalue weighted by molar-refractivity contribution is 7.09. The first-order valence-electron chi connectivity index (χ1n) is 6.91. The summed E-state index contributed by atoms with van der Waals surface area (Å²) in [7, 11) is 0. The highest BCUT2D eigenvalue weighted by Crippen LogP contribution is 2.16. The quantitative estimate of drug-likeness (QED) is 0.942. The number of hydrogen-bond acceptors (Lipinski definition) is 4. The summed E-state index contributed by atoms with van der Waals surface area (Å²) in [6.07, 6.45) is 0.625. The van der Waals surface area contributed by atoms with E-state index in [1.54, 1.807) is 12.1 Å². The fourth-order valence-corrected chi connectivity index (χ4v) is 3.10. The number of amides is 1. The van der Waals surface area contributed by atoms with Gasteiger partial charge in [0, 0.05) is 38.0 Å². The first kappa shape index (κ1) is 14.2. The largest absolute Gasteiger partial charge is 0.335 e. The van der Waals surface area contributed by atoms with Crippen molar-refractivity contribution in [3.63, 3.8) is 0 Å². The average Bonchev–Trinajstić information content (AvgIpc) is 2.98. The Labute approximate surface area is 126 Å². The molecule has 1 aliphatic heterocycles. The Morgan fingerprint density at radius 3 is 2.71 bits per heavy atom. The van der Waals surface area contributed by atoms with E-state index in [0.29, 0.717) is 12.1 Å². The molecule has 0 radical (unpaired) electrons. The molecule has 0 saturated carbocycles. The summed E-state index contributed by atoms with van der Waals surface area (Å²) in [5, 5.41) is 5.90. The van der Waals surface area contributed by atoms with Gasteiger partial charge in [0.25, 0.3) is 5.91 Å².